The Hall–Kier alpha value is -0.800. The zero-order chi connectivity index (χ0) is 28.8. The van der Waals surface area contributed by atoms with Crippen molar-refractivity contribution in [1.29, 1.82) is 0 Å². The molecular formula is C36H72N2O. The average Bonchev–Trinajstić information content (AvgIpc) is 2.94. The van der Waals surface area contributed by atoms with Crippen LogP contribution in [0.5, 0.6) is 0 Å². The maximum absolute atomic E-state index is 6.09. The summed E-state index contributed by atoms with van der Waals surface area (Å²) in [5, 5.41) is 3.31. The number of allylic oxidation sites excluding steroid dienone is 2. The molecule has 0 spiro atoms. The van der Waals surface area contributed by atoms with Crippen molar-refractivity contribution in [2.75, 3.05) is 33.8 Å². The van der Waals surface area contributed by atoms with E-state index in [9.17, 15) is 0 Å². The monoisotopic (exact) mass is 549 g/mol. The first-order chi connectivity index (χ1) is 19.1. The molecule has 3 nitrogen and oxygen atoms in total. The fourth-order valence-electron chi connectivity index (χ4n) is 5.66. The van der Waals surface area contributed by atoms with E-state index in [4.69, 9.17) is 4.74 Å². The fourth-order valence-corrected chi connectivity index (χ4v) is 5.66. The Labute approximate surface area is 247 Å². The first-order valence-corrected chi connectivity index (χ1v) is 17.3. The van der Waals surface area contributed by atoms with E-state index >= 15 is 0 Å². The summed E-state index contributed by atoms with van der Waals surface area (Å²) in [6.07, 6.45) is 32.5. The Morgan fingerprint density at radius 3 is 1.82 bits per heavy atom. The predicted molar refractivity (Wildman–Crippen MR) is 177 cm³/mol. The van der Waals surface area contributed by atoms with Crippen molar-refractivity contribution < 1.29 is 4.74 Å². The summed E-state index contributed by atoms with van der Waals surface area (Å²) < 4.78 is 6.09. The smallest absolute Gasteiger partial charge is 0.0905 e. The maximum atomic E-state index is 6.09. The lowest BCUT2D eigenvalue weighted by Gasteiger charge is -2.28. The van der Waals surface area contributed by atoms with Gasteiger partial charge in [0, 0.05) is 12.5 Å². The predicted octanol–water partition coefficient (Wildman–Crippen LogP) is 10.9. The second-order valence-corrected chi connectivity index (χ2v) is 12.2. The normalized spacial score (nSPS) is 12.4. The Kier molecular flexibility index (Phi) is 29.5. The van der Waals surface area contributed by atoms with E-state index in [0.717, 1.165) is 37.3 Å². The highest BCUT2D eigenvalue weighted by molar-refractivity contribution is 4.82. The standard InChI is InChI=1S/C36H72N2O/c1-7-10-13-14-15-16-20-23-29-36(38(6)32-25-31-37-5)30-24-21-18-17-19-22-26-34(4)39-33-35(27-11-8-2)28-12-9-3/h7,35-37H,1,4,8-33H2,2-3,5-6H3. The lowest BCUT2D eigenvalue weighted by Crippen LogP contribution is -2.33. The van der Waals surface area contributed by atoms with Gasteiger partial charge in [-0.25, -0.2) is 0 Å². The number of nitrogens with one attached hydrogen (secondary N) is 1. The van der Waals surface area contributed by atoms with Gasteiger partial charge in [0.05, 0.1) is 12.4 Å². The van der Waals surface area contributed by atoms with Crippen molar-refractivity contribution in [3.05, 3.63) is 25.0 Å². The largest absolute Gasteiger partial charge is 0.498 e. The third-order valence-electron chi connectivity index (χ3n) is 8.45. The second kappa shape index (κ2) is 30.2. The van der Waals surface area contributed by atoms with Crippen molar-refractivity contribution in [1.82, 2.24) is 10.2 Å². The maximum Gasteiger partial charge on any atom is 0.0905 e. The first kappa shape index (κ1) is 38.2. The highest BCUT2D eigenvalue weighted by Gasteiger charge is 2.14. The molecule has 1 atom stereocenters. The molecule has 0 bridgehead atoms. The lowest BCUT2D eigenvalue weighted by atomic mass is 9.97. The van der Waals surface area contributed by atoms with Gasteiger partial charge in [-0.1, -0.05) is 116 Å². The summed E-state index contributed by atoms with van der Waals surface area (Å²) in [6, 6.07) is 0.765. The Bertz CT molecular complexity index is 512. The second-order valence-electron chi connectivity index (χ2n) is 12.2. The van der Waals surface area contributed by atoms with Gasteiger partial charge in [-0.3, -0.25) is 0 Å². The number of unbranched alkanes of at least 4 members (excludes halogenated alkanes) is 13. The number of hydrogen-bond acceptors (Lipinski definition) is 3. The van der Waals surface area contributed by atoms with Crippen LogP contribution in [-0.2, 0) is 4.74 Å². The molecule has 1 unspecified atom stereocenters. The van der Waals surface area contributed by atoms with Crippen LogP contribution in [0.2, 0.25) is 0 Å². The van der Waals surface area contributed by atoms with Gasteiger partial charge in [-0.05, 0) is 84.5 Å². The lowest BCUT2D eigenvalue weighted by molar-refractivity contribution is 0.145. The van der Waals surface area contributed by atoms with Crippen LogP contribution in [0.15, 0.2) is 25.0 Å². The Balaban J connectivity index is 4.03. The van der Waals surface area contributed by atoms with Crippen LogP contribution in [-0.4, -0.2) is 44.7 Å². The molecule has 0 fully saturated rings. The molecule has 0 saturated heterocycles. The molecule has 0 amide bonds. The minimum absolute atomic E-state index is 0.722. The van der Waals surface area contributed by atoms with Crippen molar-refractivity contribution in [3.8, 4) is 0 Å². The van der Waals surface area contributed by atoms with Gasteiger partial charge in [-0.15, -0.1) is 6.58 Å². The van der Waals surface area contributed by atoms with Crippen LogP contribution < -0.4 is 5.32 Å². The van der Waals surface area contributed by atoms with Gasteiger partial charge in [0.2, 0.25) is 0 Å². The third kappa shape index (κ3) is 25.9. The van der Waals surface area contributed by atoms with Gasteiger partial charge >= 0.3 is 0 Å². The first-order valence-electron chi connectivity index (χ1n) is 17.3. The molecule has 0 aromatic heterocycles. The van der Waals surface area contributed by atoms with E-state index in [1.165, 1.54) is 148 Å². The minimum Gasteiger partial charge on any atom is -0.498 e. The summed E-state index contributed by atoms with van der Waals surface area (Å²) in [7, 11) is 4.42. The van der Waals surface area contributed by atoms with Gasteiger partial charge in [0.1, 0.15) is 0 Å². The van der Waals surface area contributed by atoms with Crippen LogP contribution in [0, 0.1) is 5.92 Å². The number of hydrogen-bond donors (Lipinski definition) is 1. The van der Waals surface area contributed by atoms with E-state index in [-0.39, 0.29) is 0 Å². The fraction of sp³-hybridized carbons (Fsp3) is 0.889. The molecule has 232 valence electrons. The molecule has 0 aliphatic carbocycles. The minimum atomic E-state index is 0.722. The van der Waals surface area contributed by atoms with Crippen molar-refractivity contribution >= 4 is 0 Å². The molecule has 0 aromatic carbocycles. The molecular weight excluding hydrogens is 476 g/mol. The SMILES string of the molecule is C=CCCCCCCCCC(CCCCCCCCC(=C)OCC(CCCC)CCCC)N(C)CCCNC. The van der Waals surface area contributed by atoms with E-state index in [2.05, 4.69) is 57.4 Å². The third-order valence-corrected chi connectivity index (χ3v) is 8.45. The Morgan fingerprint density at radius 1 is 0.744 bits per heavy atom. The van der Waals surface area contributed by atoms with Crippen molar-refractivity contribution in [2.24, 2.45) is 5.92 Å². The molecule has 0 heterocycles. The van der Waals surface area contributed by atoms with Crippen LogP contribution in [0.3, 0.4) is 0 Å². The molecule has 1 N–H and O–H groups in total. The van der Waals surface area contributed by atoms with E-state index in [1.54, 1.807) is 0 Å². The van der Waals surface area contributed by atoms with Gasteiger partial charge < -0.3 is 15.0 Å². The molecule has 0 aromatic rings. The van der Waals surface area contributed by atoms with Crippen LogP contribution in [0.4, 0.5) is 0 Å². The molecule has 3 heteroatoms. The quantitative estimate of drug-likeness (QED) is 0.0514. The molecule has 39 heavy (non-hydrogen) atoms. The zero-order valence-corrected chi connectivity index (χ0v) is 27.4. The van der Waals surface area contributed by atoms with Gasteiger partial charge in [0.15, 0.2) is 0 Å². The Morgan fingerprint density at radius 2 is 1.28 bits per heavy atom. The summed E-state index contributed by atoms with van der Waals surface area (Å²) >= 11 is 0. The number of nitrogens with zero attached hydrogens (tertiary/aromatic N) is 1. The summed E-state index contributed by atoms with van der Waals surface area (Å²) in [5.41, 5.74) is 0. The topological polar surface area (TPSA) is 24.5 Å². The summed E-state index contributed by atoms with van der Waals surface area (Å²) in [5.74, 6) is 1.74. The molecule has 0 aliphatic heterocycles. The molecule has 0 rings (SSSR count). The van der Waals surface area contributed by atoms with E-state index < -0.39 is 0 Å². The molecule has 0 aliphatic rings. The highest BCUT2D eigenvalue weighted by Crippen LogP contribution is 2.21. The summed E-state index contributed by atoms with van der Waals surface area (Å²) in [6.45, 7) is 15.9. The van der Waals surface area contributed by atoms with Gasteiger partial charge in [0.25, 0.3) is 0 Å². The average molecular weight is 549 g/mol. The van der Waals surface area contributed by atoms with Crippen LogP contribution >= 0.6 is 0 Å². The summed E-state index contributed by atoms with van der Waals surface area (Å²) in [4.78, 5) is 2.65. The van der Waals surface area contributed by atoms with E-state index in [1.807, 2.05) is 0 Å². The number of rotatable bonds is 32. The van der Waals surface area contributed by atoms with Crippen LogP contribution in [0.1, 0.15) is 162 Å². The van der Waals surface area contributed by atoms with E-state index in [0.29, 0.717) is 0 Å². The molecule has 0 saturated carbocycles. The van der Waals surface area contributed by atoms with Crippen molar-refractivity contribution in [2.45, 2.75) is 168 Å². The van der Waals surface area contributed by atoms with Gasteiger partial charge in [-0.2, -0.15) is 0 Å². The number of ether oxygens (including phenoxy) is 1. The zero-order valence-electron chi connectivity index (χ0n) is 27.4. The highest BCUT2D eigenvalue weighted by atomic mass is 16.5. The van der Waals surface area contributed by atoms with Crippen LogP contribution in [0.25, 0.3) is 0 Å². The molecule has 0 radical (unpaired) electrons. The van der Waals surface area contributed by atoms with Crippen molar-refractivity contribution in [3.63, 3.8) is 0 Å².